The second-order valence-electron chi connectivity index (χ2n) is 34.7. The Bertz CT molecular complexity index is 3370. The molecule has 0 aromatic heterocycles. The van der Waals surface area contributed by atoms with Gasteiger partial charge in [0.2, 0.25) is 0 Å². The molecule has 0 radical (unpaired) electrons. The molecule has 4 fully saturated rings. The standard InChI is InChI=1S/C48H70O6Si.C47H68O7Si/c1-12-39(54-55(10,11)47(5,6)7)32-45-46(50-9)42(13-2)44(53-45)33-43-35(4)34(3)31-41(52-43)25-20-30-51-48(36-21-16-14-17-22-36,37-23-18-15-19-24-37)38-26-28-40(49-8)29-27-38;1-11-38(54-55(9,10)46(4,5)6)30-44-45(50-8)41(32-48)43(53-44)31-42-34(3)33(2)29-40(52-42)23-18-28-51-47(35-19-14-12-15-20-35,36-21-16-13-17-22-36)37-24-26-39(49-7)27-25-37/h14-19,21-24,26-29,34,39,41-46H,4,12-13,20,25,30-33H2,1-3,5-11H3;12-17,19-22,24-27,33,38,40-45,48H,3,11,18,23,28-32H2,1-2,4-10H3/t34-,39-,41+,42+,43?,44+,45-,46-;33-,38-,40+,41+,42?,43+,44-,45-/m11/s1. The van der Waals surface area contributed by atoms with Gasteiger partial charge in [0.15, 0.2) is 16.6 Å². The number of aliphatic hydroxyl groups excluding tert-OH is 1. The first-order chi connectivity index (χ1) is 52.5. The lowest BCUT2D eigenvalue weighted by atomic mass is 9.80. The average molecular weight is 1540 g/mol. The smallest absolute Gasteiger partial charge is 0.192 e. The molecule has 4 heterocycles. The van der Waals surface area contributed by atoms with Crippen LogP contribution in [0.25, 0.3) is 0 Å². The van der Waals surface area contributed by atoms with Gasteiger partial charge < -0.3 is 61.3 Å². The van der Waals surface area contributed by atoms with Gasteiger partial charge in [-0.15, -0.1) is 0 Å². The van der Waals surface area contributed by atoms with E-state index in [9.17, 15) is 5.11 Å². The second-order valence-corrected chi connectivity index (χ2v) is 44.2. The highest BCUT2D eigenvalue weighted by molar-refractivity contribution is 6.74. The summed E-state index contributed by atoms with van der Waals surface area (Å²) in [7, 11) is 3.08. The van der Waals surface area contributed by atoms with Crippen molar-refractivity contribution in [1.82, 2.24) is 0 Å². The molecule has 2 unspecified atom stereocenters. The van der Waals surface area contributed by atoms with E-state index in [2.05, 4.69) is 249 Å². The van der Waals surface area contributed by atoms with E-state index < -0.39 is 27.8 Å². The third kappa shape index (κ3) is 21.3. The highest BCUT2D eigenvalue weighted by Crippen LogP contribution is 2.48. The zero-order valence-electron chi connectivity index (χ0n) is 70.5. The van der Waals surface area contributed by atoms with Crippen molar-refractivity contribution in [2.24, 2.45) is 23.7 Å². The predicted octanol–water partition coefficient (Wildman–Crippen LogP) is 21.6. The van der Waals surface area contributed by atoms with Crippen LogP contribution in [0.15, 0.2) is 194 Å². The molecule has 0 spiro atoms. The van der Waals surface area contributed by atoms with Crippen molar-refractivity contribution in [1.29, 1.82) is 0 Å². The highest BCUT2D eigenvalue weighted by Gasteiger charge is 2.51. The van der Waals surface area contributed by atoms with Gasteiger partial charge in [0.25, 0.3) is 0 Å². The Kier molecular flexibility index (Phi) is 32.2. The van der Waals surface area contributed by atoms with Crippen molar-refractivity contribution in [3.63, 3.8) is 0 Å². The van der Waals surface area contributed by atoms with Crippen LogP contribution in [0, 0.1) is 23.7 Å². The first kappa shape index (κ1) is 88.3. The van der Waals surface area contributed by atoms with Gasteiger partial charge in [0.05, 0.1) is 81.9 Å². The molecule has 15 heteroatoms. The number of hydrogen-bond acceptors (Lipinski definition) is 13. The van der Waals surface area contributed by atoms with Crippen LogP contribution in [0.4, 0.5) is 0 Å². The third-order valence-electron chi connectivity index (χ3n) is 25.5. The summed E-state index contributed by atoms with van der Waals surface area (Å²) in [4.78, 5) is 0. The maximum Gasteiger partial charge on any atom is 0.192 e. The van der Waals surface area contributed by atoms with Gasteiger partial charge in [-0.05, 0) is 175 Å². The molecular formula is C95H138O13Si2. The van der Waals surface area contributed by atoms with Crippen molar-refractivity contribution in [3.8, 4) is 11.5 Å². The van der Waals surface area contributed by atoms with Gasteiger partial charge >= 0.3 is 0 Å². The van der Waals surface area contributed by atoms with Crippen LogP contribution >= 0.6 is 0 Å². The summed E-state index contributed by atoms with van der Waals surface area (Å²) in [6.07, 6.45) is 10.9. The molecule has 10 rings (SSSR count). The van der Waals surface area contributed by atoms with E-state index in [1.165, 1.54) is 5.57 Å². The topological polar surface area (TPSA) is 131 Å². The summed E-state index contributed by atoms with van der Waals surface area (Å²) in [5.74, 6) is 2.45. The van der Waals surface area contributed by atoms with Crippen molar-refractivity contribution >= 4 is 16.6 Å². The van der Waals surface area contributed by atoms with Gasteiger partial charge in [0.1, 0.15) is 22.7 Å². The Labute approximate surface area is 665 Å². The van der Waals surface area contributed by atoms with E-state index >= 15 is 0 Å². The molecule has 110 heavy (non-hydrogen) atoms. The molecule has 0 saturated carbocycles. The Balaban J connectivity index is 0.000000253. The van der Waals surface area contributed by atoms with Crippen molar-refractivity contribution in [2.45, 2.75) is 280 Å². The van der Waals surface area contributed by atoms with E-state index in [4.69, 9.17) is 56.2 Å². The highest BCUT2D eigenvalue weighted by atomic mass is 28.4. The first-order valence-electron chi connectivity index (χ1n) is 41.4. The van der Waals surface area contributed by atoms with E-state index in [1.54, 1.807) is 21.3 Å². The number of hydrogen-bond donors (Lipinski definition) is 1. The van der Waals surface area contributed by atoms with Gasteiger partial charge in [-0.3, -0.25) is 0 Å². The molecule has 0 amide bonds. The van der Waals surface area contributed by atoms with Crippen LogP contribution < -0.4 is 9.47 Å². The molecule has 0 aliphatic carbocycles. The maximum absolute atomic E-state index is 10.7. The Hall–Kier alpha value is -5.61. The molecule has 4 aliphatic heterocycles. The van der Waals surface area contributed by atoms with E-state index in [0.29, 0.717) is 37.4 Å². The number of rotatable bonds is 36. The summed E-state index contributed by atoms with van der Waals surface area (Å²) < 4.78 is 78.8. The largest absolute Gasteiger partial charge is 0.497 e. The van der Waals surface area contributed by atoms with Crippen molar-refractivity contribution in [3.05, 3.63) is 228 Å². The molecule has 1 N–H and O–H groups in total. The van der Waals surface area contributed by atoms with Crippen LogP contribution in [0.2, 0.25) is 36.3 Å². The quantitative estimate of drug-likeness (QED) is 0.0173. The molecule has 13 nitrogen and oxygen atoms in total. The Morgan fingerprint density at radius 3 is 1.05 bits per heavy atom. The fourth-order valence-electron chi connectivity index (χ4n) is 16.9. The fraction of sp³-hybridized carbons (Fsp3) is 0.579. The van der Waals surface area contributed by atoms with Crippen molar-refractivity contribution < 1.29 is 61.3 Å². The van der Waals surface area contributed by atoms with Crippen LogP contribution in [0.1, 0.15) is 193 Å². The van der Waals surface area contributed by atoms with Crippen molar-refractivity contribution in [2.75, 3.05) is 48.3 Å². The van der Waals surface area contributed by atoms with Crippen LogP contribution in [0.5, 0.6) is 11.5 Å². The molecule has 0 bridgehead atoms. The Morgan fingerprint density at radius 1 is 0.445 bits per heavy atom. The monoisotopic (exact) mass is 1540 g/mol. The summed E-state index contributed by atoms with van der Waals surface area (Å²) in [5.41, 5.74) is 7.16. The summed E-state index contributed by atoms with van der Waals surface area (Å²) in [6, 6.07) is 58.6. The third-order valence-corrected chi connectivity index (χ3v) is 34.6. The van der Waals surface area contributed by atoms with Gasteiger partial charge in [-0.1, -0.05) is 235 Å². The summed E-state index contributed by atoms with van der Waals surface area (Å²) >= 11 is 0. The number of benzene rings is 6. The molecule has 6 aromatic rings. The molecule has 6 aromatic carbocycles. The lowest BCUT2D eigenvalue weighted by Crippen LogP contribution is -2.45. The lowest BCUT2D eigenvalue weighted by molar-refractivity contribution is -0.0785. The molecule has 4 aliphatic rings. The zero-order valence-corrected chi connectivity index (χ0v) is 72.5. The molecular weight excluding hydrogens is 1410 g/mol. The lowest BCUT2D eigenvalue weighted by Gasteiger charge is -2.40. The molecule has 16 atom stereocenters. The molecule has 4 saturated heterocycles. The second kappa shape index (κ2) is 40.1. The van der Waals surface area contributed by atoms with Gasteiger partial charge in [0, 0.05) is 77.2 Å². The normalized spacial score (nSPS) is 25.6. The number of methoxy groups -OCH3 is 4. The summed E-state index contributed by atoms with van der Waals surface area (Å²) in [6.45, 7) is 44.5. The van der Waals surface area contributed by atoms with Crippen LogP contribution in [0.3, 0.4) is 0 Å². The maximum atomic E-state index is 10.7. The zero-order chi connectivity index (χ0) is 79.6. The van der Waals surface area contributed by atoms with E-state index in [-0.39, 0.29) is 95.8 Å². The van der Waals surface area contributed by atoms with Crippen LogP contribution in [-0.2, 0) is 57.9 Å². The first-order valence-corrected chi connectivity index (χ1v) is 47.2. The van der Waals surface area contributed by atoms with E-state index in [0.717, 1.165) is 128 Å². The van der Waals surface area contributed by atoms with Gasteiger partial charge in [-0.25, -0.2) is 0 Å². The SMILES string of the molecule is C=C1C(C[C@@H]2O[C@H](C[C@@H](CC)O[Si](C)(C)C(C)(C)C)[C@H](OC)[C@H]2CC)O[C@@H](CCCOC(c2ccccc2)(c2ccccc2)c2ccc(OC)cc2)C[C@H]1C.C=C1C(C[C@@H]2O[C@H](C[C@@H](CC)O[Si](C)(C)C(C)(C)C)[C@H](OC)[C@H]2CO)O[C@@H](CCCOC(c2ccccc2)(c2ccccc2)c2ccc(OC)cc2)C[C@H]1C. The Morgan fingerprint density at radius 2 is 0.764 bits per heavy atom. The molecule has 604 valence electrons. The predicted molar refractivity (Wildman–Crippen MR) is 452 cm³/mol. The fourth-order valence-corrected chi connectivity index (χ4v) is 19.8. The minimum Gasteiger partial charge on any atom is -0.497 e. The average Bonchev–Trinajstić information content (AvgIpc) is 1.09. The number of ether oxygens (including phenoxy) is 10. The minimum atomic E-state index is -1.97. The van der Waals surface area contributed by atoms with E-state index in [1.807, 2.05) is 43.5 Å². The van der Waals surface area contributed by atoms with Crippen LogP contribution in [-0.4, -0.2) is 143 Å². The summed E-state index contributed by atoms with van der Waals surface area (Å²) in [5, 5.41) is 10.9. The minimum absolute atomic E-state index is 0.00269. The number of aliphatic hydroxyl groups is 1. The van der Waals surface area contributed by atoms with Gasteiger partial charge in [-0.2, -0.15) is 0 Å².